The molecule has 0 fully saturated rings. The second kappa shape index (κ2) is 11.0. The van der Waals surface area contributed by atoms with E-state index >= 15 is 4.39 Å². The Labute approximate surface area is 191 Å². The molecule has 1 aromatic rings. The maximum absolute atomic E-state index is 15.6. The lowest BCUT2D eigenvalue weighted by Gasteiger charge is -2.24. The summed E-state index contributed by atoms with van der Waals surface area (Å²) in [5, 5.41) is 36.1. The molecule has 0 bridgehead atoms. The molecule has 1 N–H and O–H groups in total. The summed E-state index contributed by atoms with van der Waals surface area (Å²) in [4.78, 5) is 49.4. The number of benzene rings is 1. The highest BCUT2D eigenvalue weighted by atomic mass is 19.1. The molecule has 14 heteroatoms. The molecular formula is C20H20FN3O10. The molecule has 0 saturated heterocycles. The van der Waals surface area contributed by atoms with E-state index in [1.54, 1.807) is 0 Å². The first-order valence-corrected chi connectivity index (χ1v) is 9.82. The van der Waals surface area contributed by atoms with Crippen molar-refractivity contribution in [2.24, 2.45) is 5.16 Å². The van der Waals surface area contributed by atoms with E-state index in [4.69, 9.17) is 9.47 Å². The molecule has 1 aliphatic carbocycles. The van der Waals surface area contributed by atoms with Crippen molar-refractivity contribution in [2.75, 3.05) is 13.7 Å². The number of ether oxygens (including phenoxy) is 2. The number of alkyl halides is 1. The molecule has 13 nitrogen and oxygen atoms in total. The fraction of sp³-hybridized carbons (Fsp3) is 0.350. The van der Waals surface area contributed by atoms with E-state index in [1.165, 1.54) is 0 Å². The number of unbranched alkanes of at least 4 members (excludes halogenated alkanes) is 2. The zero-order valence-corrected chi connectivity index (χ0v) is 18.1. The molecule has 2 rings (SSSR count). The van der Waals surface area contributed by atoms with Gasteiger partial charge in [-0.05, 0) is 24.6 Å². The molecule has 182 valence electrons. The van der Waals surface area contributed by atoms with Crippen LogP contribution in [0.1, 0.15) is 36.5 Å². The molecule has 0 aliphatic heterocycles. The van der Waals surface area contributed by atoms with Crippen LogP contribution in [0.3, 0.4) is 0 Å². The van der Waals surface area contributed by atoms with Crippen LogP contribution in [0.2, 0.25) is 0 Å². The molecule has 34 heavy (non-hydrogen) atoms. The highest BCUT2D eigenvalue weighted by Crippen LogP contribution is 2.36. The summed E-state index contributed by atoms with van der Waals surface area (Å²) in [6.45, 7) is 1.86. The maximum atomic E-state index is 15.6. The van der Waals surface area contributed by atoms with Crippen molar-refractivity contribution in [1.82, 2.24) is 0 Å². The van der Waals surface area contributed by atoms with E-state index in [0.29, 0.717) is 12.5 Å². The topological polar surface area (TPSA) is 181 Å². The number of hydrogen-bond donors (Lipinski definition) is 1. The summed E-state index contributed by atoms with van der Waals surface area (Å²) in [7, 11) is 0.949. The lowest BCUT2D eigenvalue weighted by Crippen LogP contribution is -2.48. The Morgan fingerprint density at radius 2 is 1.79 bits per heavy atom. The number of aliphatic hydroxyl groups excluding tert-OH is 1. The van der Waals surface area contributed by atoms with Crippen LogP contribution >= 0.6 is 0 Å². The molecule has 0 aromatic heterocycles. The Hall–Kier alpha value is -4.36. The van der Waals surface area contributed by atoms with Crippen LogP contribution < -0.4 is 0 Å². The molecule has 0 heterocycles. The number of oxime groups is 1. The van der Waals surface area contributed by atoms with Gasteiger partial charge < -0.3 is 19.4 Å². The SMILES string of the molecule is CCCCCOC(=O)C1=CC(=NOC)[C@](F)([N+](=O)[O-])C(OC(=O)c2ccc([N+](=O)[O-])cc2)=C1O. The number of non-ortho nitro benzene ring substituents is 1. The summed E-state index contributed by atoms with van der Waals surface area (Å²) in [6, 6.07) is 3.79. The van der Waals surface area contributed by atoms with Gasteiger partial charge in [-0.2, -0.15) is 4.39 Å². The first kappa shape index (κ1) is 25.9. The average molecular weight is 481 g/mol. The molecule has 1 atom stereocenters. The third kappa shape index (κ3) is 5.33. The Kier molecular flexibility index (Phi) is 8.36. The number of rotatable bonds is 10. The molecular weight excluding hydrogens is 461 g/mol. The van der Waals surface area contributed by atoms with Crippen molar-refractivity contribution < 1.29 is 43.2 Å². The summed E-state index contributed by atoms with van der Waals surface area (Å²) in [5.41, 5.74) is -2.59. The van der Waals surface area contributed by atoms with Gasteiger partial charge in [-0.25, -0.2) is 9.59 Å². The number of carbonyl (C=O) groups is 2. The zero-order valence-electron chi connectivity index (χ0n) is 18.1. The summed E-state index contributed by atoms with van der Waals surface area (Å²) >= 11 is 0. The minimum atomic E-state index is -3.91. The van der Waals surface area contributed by atoms with Gasteiger partial charge in [0.1, 0.15) is 12.7 Å². The number of hydrogen-bond acceptors (Lipinski definition) is 11. The third-order valence-corrected chi connectivity index (χ3v) is 4.54. The van der Waals surface area contributed by atoms with Gasteiger partial charge in [0, 0.05) is 12.1 Å². The number of carbonyl (C=O) groups excluding carboxylic acids is 2. The van der Waals surface area contributed by atoms with Crippen LogP contribution in [0, 0.1) is 20.2 Å². The van der Waals surface area contributed by atoms with E-state index in [9.17, 15) is 34.9 Å². The first-order chi connectivity index (χ1) is 16.1. The smallest absolute Gasteiger partial charge is 0.466 e. The van der Waals surface area contributed by atoms with Crippen LogP contribution in [0.5, 0.6) is 0 Å². The lowest BCUT2D eigenvalue weighted by atomic mass is 9.95. The summed E-state index contributed by atoms with van der Waals surface area (Å²) in [5.74, 6) is -9.41. The van der Waals surface area contributed by atoms with E-state index in [1.807, 2.05) is 6.92 Å². The van der Waals surface area contributed by atoms with Crippen LogP contribution in [0.25, 0.3) is 0 Å². The molecule has 0 unspecified atom stereocenters. The second-order valence-electron chi connectivity index (χ2n) is 6.81. The minimum absolute atomic E-state index is 0.0536. The highest BCUT2D eigenvalue weighted by molar-refractivity contribution is 6.11. The zero-order chi connectivity index (χ0) is 25.5. The number of esters is 2. The van der Waals surface area contributed by atoms with Crippen molar-refractivity contribution in [3.63, 3.8) is 0 Å². The largest absolute Gasteiger partial charge is 0.504 e. The predicted octanol–water partition coefficient (Wildman–Crippen LogP) is 3.14. The summed E-state index contributed by atoms with van der Waals surface area (Å²) < 4.78 is 25.4. The first-order valence-electron chi connectivity index (χ1n) is 9.82. The quantitative estimate of drug-likeness (QED) is 0.171. The molecule has 0 saturated carbocycles. The van der Waals surface area contributed by atoms with E-state index in [0.717, 1.165) is 44.2 Å². The highest BCUT2D eigenvalue weighted by Gasteiger charge is 2.61. The normalized spacial score (nSPS) is 18.8. The van der Waals surface area contributed by atoms with E-state index in [-0.39, 0.29) is 17.9 Å². The Morgan fingerprint density at radius 1 is 1.15 bits per heavy atom. The Balaban J connectivity index is 2.49. The number of halogens is 1. The molecule has 0 amide bonds. The second-order valence-corrected chi connectivity index (χ2v) is 6.81. The van der Waals surface area contributed by atoms with Gasteiger partial charge in [0.2, 0.25) is 5.71 Å². The van der Waals surface area contributed by atoms with Crippen LogP contribution in [0.15, 0.2) is 52.6 Å². The van der Waals surface area contributed by atoms with Gasteiger partial charge in [0.05, 0.1) is 22.0 Å². The number of nitro benzene ring substituents is 1. The van der Waals surface area contributed by atoms with Crippen molar-refractivity contribution in [3.05, 3.63) is 73.2 Å². The molecule has 1 aromatic carbocycles. The van der Waals surface area contributed by atoms with Gasteiger partial charge in [-0.1, -0.05) is 24.9 Å². The third-order valence-electron chi connectivity index (χ3n) is 4.54. The van der Waals surface area contributed by atoms with Crippen molar-refractivity contribution >= 4 is 23.3 Å². The fourth-order valence-corrected chi connectivity index (χ4v) is 2.79. The summed E-state index contributed by atoms with van der Waals surface area (Å²) in [6.07, 6.45) is 2.60. The Bertz CT molecular complexity index is 1080. The van der Waals surface area contributed by atoms with Crippen LogP contribution in [-0.2, 0) is 19.1 Å². The molecule has 0 spiro atoms. The van der Waals surface area contributed by atoms with Crippen LogP contribution in [-0.4, -0.2) is 52.1 Å². The van der Waals surface area contributed by atoms with Gasteiger partial charge in [-0.3, -0.25) is 20.2 Å². The van der Waals surface area contributed by atoms with Crippen molar-refractivity contribution in [2.45, 2.75) is 32.0 Å². The molecule has 0 radical (unpaired) electrons. The monoisotopic (exact) mass is 481 g/mol. The van der Waals surface area contributed by atoms with Crippen molar-refractivity contribution in [1.29, 1.82) is 0 Å². The maximum Gasteiger partial charge on any atom is 0.466 e. The number of nitro groups is 2. The number of aliphatic hydroxyl groups is 1. The fourth-order valence-electron chi connectivity index (χ4n) is 2.79. The standard InChI is InChI=1S/C20H20FN3O10/c1-3-4-5-10-33-19(27)14-11-15(22-32-2)20(21,24(30)31)17(16(14)25)34-18(26)12-6-8-13(9-7-12)23(28)29/h6-9,11,25H,3-5,10H2,1-2H3/t20-/m0/s1. The predicted molar refractivity (Wildman–Crippen MR) is 112 cm³/mol. The van der Waals surface area contributed by atoms with E-state index < -0.39 is 50.4 Å². The van der Waals surface area contributed by atoms with Gasteiger partial charge in [0.15, 0.2) is 5.76 Å². The molecule has 1 aliphatic rings. The average Bonchev–Trinajstić information content (AvgIpc) is 2.81. The van der Waals surface area contributed by atoms with Gasteiger partial charge in [0.25, 0.3) is 11.4 Å². The van der Waals surface area contributed by atoms with Gasteiger partial charge in [-0.15, -0.1) is 0 Å². The van der Waals surface area contributed by atoms with Crippen LogP contribution in [0.4, 0.5) is 10.1 Å². The lowest BCUT2D eigenvalue weighted by molar-refractivity contribution is -0.573. The van der Waals surface area contributed by atoms with Gasteiger partial charge >= 0.3 is 17.7 Å². The van der Waals surface area contributed by atoms with Crippen molar-refractivity contribution in [3.8, 4) is 0 Å². The van der Waals surface area contributed by atoms with E-state index in [2.05, 4.69) is 9.99 Å². The Morgan fingerprint density at radius 3 is 2.32 bits per heavy atom. The number of nitrogens with zero attached hydrogens (tertiary/aromatic N) is 3. The minimum Gasteiger partial charge on any atom is -0.504 e.